The Labute approximate surface area is 149 Å². The molecule has 0 radical (unpaired) electrons. The highest BCUT2D eigenvalue weighted by Crippen LogP contribution is 2.23. The van der Waals surface area contributed by atoms with Crippen molar-refractivity contribution in [1.82, 2.24) is 10.9 Å². The molecule has 0 spiro atoms. The van der Waals surface area contributed by atoms with Crippen LogP contribution in [-0.2, 0) is 19.4 Å². The standard InChI is InChI=1S/C15H19FN2O5S2/c1-10(23-13-5-3-2-4-12(13)16)15(20)18-17-14(19)8-24-11-6-7-25(21,22)9-11/h2-5,10-11H,6-9H2,1H3,(H,17,19)(H,18,20)/t10-,11+/m1/s1. The molecule has 0 bridgehead atoms. The van der Waals surface area contributed by atoms with Crippen LogP contribution in [-0.4, -0.2) is 48.8 Å². The van der Waals surface area contributed by atoms with Crippen LogP contribution in [0, 0.1) is 5.82 Å². The molecule has 138 valence electrons. The highest BCUT2D eigenvalue weighted by atomic mass is 32.2. The first-order valence-electron chi connectivity index (χ1n) is 7.59. The molecule has 0 saturated carbocycles. The number of benzene rings is 1. The molecular weight excluding hydrogens is 371 g/mol. The number of thioether (sulfide) groups is 1. The van der Waals surface area contributed by atoms with Gasteiger partial charge in [0, 0.05) is 5.25 Å². The summed E-state index contributed by atoms with van der Waals surface area (Å²) in [7, 11) is -2.98. The predicted molar refractivity (Wildman–Crippen MR) is 92.3 cm³/mol. The van der Waals surface area contributed by atoms with Gasteiger partial charge in [-0.2, -0.15) is 0 Å². The summed E-state index contributed by atoms with van der Waals surface area (Å²) in [6.07, 6.45) is -0.481. The molecule has 1 aliphatic rings. The van der Waals surface area contributed by atoms with Crippen LogP contribution < -0.4 is 15.6 Å². The summed E-state index contributed by atoms with van der Waals surface area (Å²) in [6, 6.07) is 5.68. The van der Waals surface area contributed by atoms with Gasteiger partial charge in [-0.05, 0) is 25.5 Å². The van der Waals surface area contributed by atoms with E-state index in [4.69, 9.17) is 4.74 Å². The molecule has 2 rings (SSSR count). The molecule has 2 atom stereocenters. The van der Waals surface area contributed by atoms with Gasteiger partial charge in [0.05, 0.1) is 17.3 Å². The minimum absolute atomic E-state index is 0.0308. The van der Waals surface area contributed by atoms with E-state index in [1.165, 1.54) is 36.9 Å². The van der Waals surface area contributed by atoms with E-state index in [1.807, 2.05) is 0 Å². The van der Waals surface area contributed by atoms with Crippen molar-refractivity contribution >= 4 is 33.4 Å². The topological polar surface area (TPSA) is 102 Å². The smallest absolute Gasteiger partial charge is 0.279 e. The van der Waals surface area contributed by atoms with Crippen molar-refractivity contribution in [2.24, 2.45) is 0 Å². The second-order valence-electron chi connectivity index (χ2n) is 5.56. The fraction of sp³-hybridized carbons (Fsp3) is 0.467. The Bertz CT molecular complexity index is 741. The quantitative estimate of drug-likeness (QED) is 0.692. The van der Waals surface area contributed by atoms with Crippen LogP contribution in [0.2, 0.25) is 0 Å². The second-order valence-corrected chi connectivity index (χ2v) is 9.08. The van der Waals surface area contributed by atoms with E-state index in [0.29, 0.717) is 6.42 Å². The SMILES string of the molecule is C[C@@H](Oc1ccccc1F)C(=O)NNC(=O)CS[C@H]1CCS(=O)(=O)C1. The lowest BCUT2D eigenvalue weighted by Crippen LogP contribution is -2.47. The fourth-order valence-electron chi connectivity index (χ4n) is 2.14. The monoisotopic (exact) mass is 390 g/mol. The molecule has 1 aromatic rings. The Kier molecular flexibility index (Phi) is 6.65. The van der Waals surface area contributed by atoms with Crippen molar-refractivity contribution < 1.29 is 27.1 Å². The van der Waals surface area contributed by atoms with Gasteiger partial charge in [-0.3, -0.25) is 20.4 Å². The summed E-state index contributed by atoms with van der Waals surface area (Å²) in [5.74, 6) is -1.49. The molecule has 1 aliphatic heterocycles. The van der Waals surface area contributed by atoms with Crippen LogP contribution in [0.25, 0.3) is 0 Å². The first-order chi connectivity index (χ1) is 11.8. The highest BCUT2D eigenvalue weighted by molar-refractivity contribution is 8.02. The Morgan fingerprint density at radius 2 is 2.08 bits per heavy atom. The van der Waals surface area contributed by atoms with Crippen molar-refractivity contribution in [1.29, 1.82) is 0 Å². The minimum atomic E-state index is -2.98. The lowest BCUT2D eigenvalue weighted by molar-refractivity contribution is -0.132. The van der Waals surface area contributed by atoms with Crippen LogP contribution in [0.15, 0.2) is 24.3 Å². The fourth-order valence-corrected chi connectivity index (χ4v) is 5.58. The van der Waals surface area contributed by atoms with Crippen molar-refractivity contribution in [3.63, 3.8) is 0 Å². The van der Waals surface area contributed by atoms with E-state index < -0.39 is 33.6 Å². The number of amides is 2. The Balaban J connectivity index is 1.70. The largest absolute Gasteiger partial charge is 0.478 e. The molecule has 1 fully saturated rings. The van der Waals surface area contributed by atoms with Gasteiger partial charge in [0.2, 0.25) is 5.91 Å². The maximum Gasteiger partial charge on any atom is 0.279 e. The molecule has 7 nitrogen and oxygen atoms in total. The maximum absolute atomic E-state index is 13.5. The molecule has 1 saturated heterocycles. The number of para-hydroxylation sites is 1. The molecule has 2 amide bonds. The van der Waals surface area contributed by atoms with Crippen LogP contribution in [0.3, 0.4) is 0 Å². The number of sulfone groups is 1. The summed E-state index contributed by atoms with van der Waals surface area (Å²) >= 11 is 1.24. The van der Waals surface area contributed by atoms with E-state index in [0.717, 1.165) is 0 Å². The van der Waals surface area contributed by atoms with Crippen molar-refractivity contribution in [2.45, 2.75) is 24.7 Å². The number of hydrazine groups is 1. The molecule has 0 aromatic heterocycles. The number of nitrogens with one attached hydrogen (secondary N) is 2. The zero-order valence-electron chi connectivity index (χ0n) is 13.5. The molecule has 25 heavy (non-hydrogen) atoms. The number of halogens is 1. The van der Waals surface area contributed by atoms with E-state index in [-0.39, 0.29) is 28.3 Å². The molecule has 1 heterocycles. The van der Waals surface area contributed by atoms with Gasteiger partial charge in [0.15, 0.2) is 27.5 Å². The van der Waals surface area contributed by atoms with Gasteiger partial charge in [-0.25, -0.2) is 12.8 Å². The number of carbonyl (C=O) groups excluding carboxylic acids is 2. The van der Waals surface area contributed by atoms with Crippen LogP contribution in [0.1, 0.15) is 13.3 Å². The lowest BCUT2D eigenvalue weighted by Gasteiger charge is -2.15. The summed E-state index contributed by atoms with van der Waals surface area (Å²) in [4.78, 5) is 23.6. The van der Waals surface area contributed by atoms with E-state index in [1.54, 1.807) is 6.07 Å². The molecule has 1 aromatic carbocycles. The molecule has 0 unspecified atom stereocenters. The summed E-state index contributed by atoms with van der Waals surface area (Å²) in [6.45, 7) is 1.42. The van der Waals surface area contributed by atoms with Crippen LogP contribution in [0.5, 0.6) is 5.75 Å². The van der Waals surface area contributed by atoms with E-state index in [9.17, 15) is 22.4 Å². The Hall–Kier alpha value is -1.81. The third-order valence-corrected chi connectivity index (χ3v) is 6.76. The highest BCUT2D eigenvalue weighted by Gasteiger charge is 2.28. The van der Waals surface area contributed by atoms with Gasteiger partial charge < -0.3 is 4.74 Å². The van der Waals surface area contributed by atoms with Gasteiger partial charge in [-0.1, -0.05) is 12.1 Å². The Morgan fingerprint density at radius 1 is 1.36 bits per heavy atom. The maximum atomic E-state index is 13.5. The summed E-state index contributed by atoms with van der Waals surface area (Å²) < 4.78 is 41.3. The Morgan fingerprint density at radius 3 is 2.72 bits per heavy atom. The third-order valence-electron chi connectivity index (χ3n) is 3.48. The van der Waals surface area contributed by atoms with Gasteiger partial charge in [-0.15, -0.1) is 11.8 Å². The van der Waals surface area contributed by atoms with Crippen molar-refractivity contribution in [2.75, 3.05) is 17.3 Å². The zero-order valence-corrected chi connectivity index (χ0v) is 15.2. The summed E-state index contributed by atoms with van der Waals surface area (Å²) in [5.41, 5.74) is 4.42. The summed E-state index contributed by atoms with van der Waals surface area (Å²) in [5, 5.41) is -0.102. The minimum Gasteiger partial charge on any atom is -0.478 e. The van der Waals surface area contributed by atoms with Crippen molar-refractivity contribution in [3.05, 3.63) is 30.1 Å². The van der Waals surface area contributed by atoms with E-state index in [2.05, 4.69) is 10.9 Å². The number of hydrogen-bond donors (Lipinski definition) is 2. The predicted octanol–water partition coefficient (Wildman–Crippen LogP) is 0.661. The molecular formula is C15H19FN2O5S2. The normalized spacial score (nSPS) is 19.8. The van der Waals surface area contributed by atoms with Crippen LogP contribution >= 0.6 is 11.8 Å². The third kappa shape index (κ3) is 6.20. The van der Waals surface area contributed by atoms with Crippen molar-refractivity contribution in [3.8, 4) is 5.75 Å². The van der Waals surface area contributed by atoms with Crippen LogP contribution in [0.4, 0.5) is 4.39 Å². The molecule has 2 N–H and O–H groups in total. The zero-order chi connectivity index (χ0) is 18.4. The molecule has 0 aliphatic carbocycles. The first kappa shape index (κ1) is 19.5. The number of hydrogen-bond acceptors (Lipinski definition) is 6. The van der Waals surface area contributed by atoms with E-state index >= 15 is 0 Å². The number of ether oxygens (including phenoxy) is 1. The van der Waals surface area contributed by atoms with Gasteiger partial charge in [0.25, 0.3) is 5.91 Å². The van der Waals surface area contributed by atoms with Gasteiger partial charge >= 0.3 is 0 Å². The average molecular weight is 390 g/mol. The first-order valence-corrected chi connectivity index (χ1v) is 10.5. The second kappa shape index (κ2) is 8.52. The van der Waals surface area contributed by atoms with Gasteiger partial charge in [0.1, 0.15) is 0 Å². The number of rotatable bonds is 6. The lowest BCUT2D eigenvalue weighted by atomic mass is 10.3. The number of carbonyl (C=O) groups is 2. The molecule has 10 heteroatoms. The average Bonchev–Trinajstić information content (AvgIpc) is 2.91.